The van der Waals surface area contributed by atoms with Crippen molar-refractivity contribution >= 4 is 5.91 Å². The number of hydrogen-bond acceptors (Lipinski definition) is 2. The van der Waals surface area contributed by atoms with Crippen molar-refractivity contribution in [1.82, 2.24) is 4.90 Å². The quantitative estimate of drug-likeness (QED) is 0.749. The Morgan fingerprint density at radius 2 is 2.00 bits per heavy atom. The van der Waals surface area contributed by atoms with Crippen LogP contribution in [-0.4, -0.2) is 24.4 Å². The van der Waals surface area contributed by atoms with Crippen molar-refractivity contribution in [1.29, 1.82) is 0 Å². The van der Waals surface area contributed by atoms with Crippen molar-refractivity contribution in [3.05, 3.63) is 35.4 Å². The Labute approximate surface area is 96.2 Å². The van der Waals surface area contributed by atoms with E-state index in [1.165, 1.54) is 0 Å². The summed E-state index contributed by atoms with van der Waals surface area (Å²) < 4.78 is 0. The smallest absolute Gasteiger partial charge is 0.219 e. The predicted octanol–water partition coefficient (Wildman–Crippen LogP) is 0.975. The second kappa shape index (κ2) is 5.94. The number of nitrogens with zero attached hydrogens (tertiary/aromatic N) is 1. The SMILES string of the molecule is CC(=O)N(C)Cc1ccc(C#CCN)cc1. The summed E-state index contributed by atoms with van der Waals surface area (Å²) in [6, 6.07) is 7.82. The van der Waals surface area contributed by atoms with Crippen molar-refractivity contribution < 1.29 is 4.79 Å². The minimum atomic E-state index is 0.0620. The van der Waals surface area contributed by atoms with E-state index in [4.69, 9.17) is 5.73 Å². The molecule has 0 heterocycles. The molecule has 84 valence electrons. The summed E-state index contributed by atoms with van der Waals surface area (Å²) in [6.07, 6.45) is 0. The van der Waals surface area contributed by atoms with Crippen LogP contribution in [0.5, 0.6) is 0 Å². The third-order valence-corrected chi connectivity index (χ3v) is 2.25. The summed E-state index contributed by atoms with van der Waals surface area (Å²) in [4.78, 5) is 12.7. The number of amides is 1. The molecule has 0 aromatic heterocycles. The number of carbonyl (C=O) groups is 1. The molecule has 1 aromatic carbocycles. The maximum absolute atomic E-state index is 11.0. The van der Waals surface area contributed by atoms with Gasteiger partial charge in [-0.3, -0.25) is 4.79 Å². The average Bonchev–Trinajstić information content (AvgIpc) is 2.28. The van der Waals surface area contributed by atoms with E-state index in [2.05, 4.69) is 11.8 Å². The van der Waals surface area contributed by atoms with Gasteiger partial charge in [0, 0.05) is 26.1 Å². The maximum atomic E-state index is 11.0. The lowest BCUT2D eigenvalue weighted by Gasteiger charge is -2.14. The summed E-state index contributed by atoms with van der Waals surface area (Å²) in [5.41, 5.74) is 7.33. The molecule has 0 spiro atoms. The minimum absolute atomic E-state index is 0.0620. The molecule has 2 N–H and O–H groups in total. The molecule has 0 aliphatic heterocycles. The first-order valence-corrected chi connectivity index (χ1v) is 5.13. The highest BCUT2D eigenvalue weighted by molar-refractivity contribution is 5.72. The molecule has 1 rings (SSSR count). The highest BCUT2D eigenvalue weighted by atomic mass is 16.2. The molecule has 1 aromatic rings. The molecule has 3 heteroatoms. The molecular weight excluding hydrogens is 200 g/mol. The minimum Gasteiger partial charge on any atom is -0.342 e. The monoisotopic (exact) mass is 216 g/mol. The molecule has 0 atom stereocenters. The zero-order valence-corrected chi connectivity index (χ0v) is 9.66. The predicted molar refractivity (Wildman–Crippen MR) is 64.5 cm³/mol. The summed E-state index contributed by atoms with van der Waals surface area (Å²) >= 11 is 0. The highest BCUT2D eigenvalue weighted by Gasteiger charge is 2.02. The Morgan fingerprint density at radius 3 is 2.50 bits per heavy atom. The number of rotatable bonds is 2. The van der Waals surface area contributed by atoms with Crippen LogP contribution in [0.4, 0.5) is 0 Å². The lowest BCUT2D eigenvalue weighted by Crippen LogP contribution is -2.22. The first-order valence-electron chi connectivity index (χ1n) is 5.13. The number of hydrogen-bond donors (Lipinski definition) is 1. The van der Waals surface area contributed by atoms with Gasteiger partial charge in [0.15, 0.2) is 0 Å². The van der Waals surface area contributed by atoms with Gasteiger partial charge in [-0.1, -0.05) is 24.0 Å². The van der Waals surface area contributed by atoms with E-state index < -0.39 is 0 Å². The highest BCUT2D eigenvalue weighted by Crippen LogP contribution is 2.06. The van der Waals surface area contributed by atoms with Crippen LogP contribution in [-0.2, 0) is 11.3 Å². The third kappa shape index (κ3) is 3.76. The fourth-order valence-electron chi connectivity index (χ4n) is 1.23. The lowest BCUT2D eigenvalue weighted by atomic mass is 10.1. The van der Waals surface area contributed by atoms with E-state index in [1.807, 2.05) is 24.3 Å². The van der Waals surface area contributed by atoms with Gasteiger partial charge in [-0.2, -0.15) is 0 Å². The van der Waals surface area contributed by atoms with E-state index in [9.17, 15) is 4.79 Å². The molecule has 0 saturated heterocycles. The van der Waals surface area contributed by atoms with Crippen molar-refractivity contribution in [2.75, 3.05) is 13.6 Å². The van der Waals surface area contributed by atoms with Gasteiger partial charge in [-0.25, -0.2) is 0 Å². The van der Waals surface area contributed by atoms with Crippen LogP contribution >= 0.6 is 0 Å². The van der Waals surface area contributed by atoms with E-state index in [1.54, 1.807) is 18.9 Å². The normalized spacial score (nSPS) is 9.19. The summed E-state index contributed by atoms with van der Waals surface area (Å²) in [6.45, 7) is 2.55. The van der Waals surface area contributed by atoms with Crippen LogP contribution in [0, 0.1) is 11.8 Å². The number of benzene rings is 1. The Kier molecular flexibility index (Phi) is 4.56. The Morgan fingerprint density at radius 1 is 1.38 bits per heavy atom. The van der Waals surface area contributed by atoms with Gasteiger partial charge in [0.05, 0.1) is 6.54 Å². The molecule has 0 aliphatic carbocycles. The molecular formula is C13H16N2O. The van der Waals surface area contributed by atoms with Crippen LogP contribution < -0.4 is 5.73 Å². The van der Waals surface area contributed by atoms with Gasteiger partial charge in [0.2, 0.25) is 5.91 Å². The van der Waals surface area contributed by atoms with Crippen LogP contribution in [0.3, 0.4) is 0 Å². The molecule has 1 amide bonds. The topological polar surface area (TPSA) is 46.3 Å². The summed E-state index contributed by atoms with van der Waals surface area (Å²) in [7, 11) is 1.78. The second-order valence-corrected chi connectivity index (χ2v) is 3.58. The summed E-state index contributed by atoms with van der Waals surface area (Å²) in [5, 5.41) is 0. The zero-order valence-electron chi connectivity index (χ0n) is 9.66. The Hall–Kier alpha value is -1.79. The van der Waals surface area contributed by atoms with Crippen molar-refractivity contribution in [3.8, 4) is 11.8 Å². The van der Waals surface area contributed by atoms with Gasteiger partial charge in [-0.05, 0) is 17.7 Å². The molecule has 0 bridgehead atoms. The Balaban J connectivity index is 2.68. The largest absolute Gasteiger partial charge is 0.342 e. The fraction of sp³-hybridized carbons (Fsp3) is 0.308. The van der Waals surface area contributed by atoms with Crippen LogP contribution in [0.2, 0.25) is 0 Å². The third-order valence-electron chi connectivity index (χ3n) is 2.25. The Bertz CT molecular complexity index is 412. The molecule has 3 nitrogen and oxygen atoms in total. The molecule has 16 heavy (non-hydrogen) atoms. The first kappa shape index (κ1) is 12.3. The van der Waals surface area contributed by atoms with E-state index in [0.29, 0.717) is 13.1 Å². The van der Waals surface area contributed by atoms with Gasteiger partial charge in [0.1, 0.15) is 0 Å². The van der Waals surface area contributed by atoms with E-state index >= 15 is 0 Å². The molecule has 0 aliphatic rings. The first-order chi connectivity index (χ1) is 7.63. The van der Waals surface area contributed by atoms with Gasteiger partial charge < -0.3 is 10.6 Å². The van der Waals surface area contributed by atoms with Gasteiger partial charge in [-0.15, -0.1) is 0 Å². The lowest BCUT2D eigenvalue weighted by molar-refractivity contribution is -0.128. The van der Waals surface area contributed by atoms with Gasteiger partial charge >= 0.3 is 0 Å². The van der Waals surface area contributed by atoms with Crippen molar-refractivity contribution in [2.45, 2.75) is 13.5 Å². The molecule has 0 unspecified atom stereocenters. The fourth-order valence-corrected chi connectivity index (χ4v) is 1.23. The summed E-state index contributed by atoms with van der Waals surface area (Å²) in [5.74, 6) is 5.81. The molecule has 0 saturated carbocycles. The maximum Gasteiger partial charge on any atom is 0.219 e. The van der Waals surface area contributed by atoms with Gasteiger partial charge in [0.25, 0.3) is 0 Å². The zero-order chi connectivity index (χ0) is 12.0. The molecule has 0 radical (unpaired) electrons. The van der Waals surface area contributed by atoms with E-state index in [0.717, 1.165) is 11.1 Å². The standard InChI is InChI=1S/C13H16N2O/c1-11(16)15(2)10-13-7-5-12(6-8-13)4-3-9-14/h5-8H,9-10,14H2,1-2H3. The van der Waals surface area contributed by atoms with Crippen molar-refractivity contribution in [3.63, 3.8) is 0 Å². The second-order valence-electron chi connectivity index (χ2n) is 3.58. The van der Waals surface area contributed by atoms with Crippen LogP contribution in [0.15, 0.2) is 24.3 Å². The van der Waals surface area contributed by atoms with E-state index in [-0.39, 0.29) is 5.91 Å². The van der Waals surface area contributed by atoms with Crippen LogP contribution in [0.25, 0.3) is 0 Å². The molecule has 0 fully saturated rings. The van der Waals surface area contributed by atoms with Crippen molar-refractivity contribution in [2.24, 2.45) is 5.73 Å². The number of nitrogens with two attached hydrogens (primary N) is 1. The number of carbonyl (C=O) groups excluding carboxylic acids is 1. The van der Waals surface area contributed by atoms with Crippen LogP contribution in [0.1, 0.15) is 18.1 Å². The average molecular weight is 216 g/mol.